The number of H-pyrrole nitrogens is 1. The van der Waals surface area contributed by atoms with Gasteiger partial charge in [0.2, 0.25) is 5.56 Å². The summed E-state index contributed by atoms with van der Waals surface area (Å²) in [6.45, 7) is 1.68. The van der Waals surface area contributed by atoms with E-state index < -0.39 is 0 Å². The number of hydrogen-bond donors (Lipinski definition) is 1. The van der Waals surface area contributed by atoms with Crippen LogP contribution in [0.15, 0.2) is 16.9 Å². The molecule has 3 rings (SSSR count). The Bertz CT molecular complexity index is 534. The van der Waals surface area contributed by atoms with E-state index >= 15 is 0 Å². The molecule has 1 aromatic heterocycles. The van der Waals surface area contributed by atoms with Crippen molar-refractivity contribution in [2.45, 2.75) is 32.2 Å². The van der Waals surface area contributed by atoms with Crippen molar-refractivity contribution in [3.8, 4) is 0 Å². The number of ether oxygens (including phenoxy) is 1. The maximum atomic E-state index is 12.0. The number of carbonyl (C=O) groups excluding carboxylic acids is 1. The van der Waals surface area contributed by atoms with Crippen LogP contribution in [-0.2, 0) is 17.7 Å². The van der Waals surface area contributed by atoms with Crippen molar-refractivity contribution < 1.29 is 9.53 Å². The van der Waals surface area contributed by atoms with Gasteiger partial charge in [-0.05, 0) is 24.3 Å². The van der Waals surface area contributed by atoms with Gasteiger partial charge in [0.15, 0.2) is 0 Å². The molecular weight excluding hydrogens is 244 g/mol. The minimum atomic E-state index is -0.233. The fraction of sp³-hybridized carbons (Fsp3) is 0.571. The van der Waals surface area contributed by atoms with E-state index in [1.807, 2.05) is 0 Å². The molecule has 5 nitrogen and oxygen atoms in total. The number of hydrogen-bond acceptors (Lipinski definition) is 3. The summed E-state index contributed by atoms with van der Waals surface area (Å²) in [7, 11) is 0. The fourth-order valence-corrected chi connectivity index (χ4v) is 2.55. The Hall–Kier alpha value is -1.78. The van der Waals surface area contributed by atoms with Crippen LogP contribution < -0.4 is 5.56 Å². The number of rotatable bonds is 2. The Morgan fingerprint density at radius 2 is 2.26 bits per heavy atom. The zero-order valence-corrected chi connectivity index (χ0v) is 10.9. The fourth-order valence-electron chi connectivity index (χ4n) is 2.55. The van der Waals surface area contributed by atoms with Gasteiger partial charge in [0.25, 0.3) is 0 Å². The quantitative estimate of drug-likeness (QED) is 0.881. The highest BCUT2D eigenvalue weighted by molar-refractivity contribution is 5.68. The second kappa shape index (κ2) is 5.07. The Labute approximate surface area is 111 Å². The van der Waals surface area contributed by atoms with Crippen LogP contribution in [0.5, 0.6) is 0 Å². The first kappa shape index (κ1) is 12.3. The largest absolute Gasteiger partial charge is 0.449 e. The maximum Gasteiger partial charge on any atom is 0.410 e. The van der Waals surface area contributed by atoms with Crippen LogP contribution in [0.1, 0.15) is 30.5 Å². The van der Waals surface area contributed by atoms with Crippen molar-refractivity contribution in [2.24, 2.45) is 5.92 Å². The van der Waals surface area contributed by atoms with E-state index in [0.717, 1.165) is 11.3 Å². The third-order valence-corrected chi connectivity index (χ3v) is 4.02. The normalized spacial score (nSPS) is 18.6. The summed E-state index contributed by atoms with van der Waals surface area (Å²) < 4.78 is 5.34. The molecule has 2 aliphatic rings. The number of fused-ring (bicyclic) bond motifs is 1. The summed E-state index contributed by atoms with van der Waals surface area (Å²) in [4.78, 5) is 27.7. The van der Waals surface area contributed by atoms with Crippen molar-refractivity contribution in [1.29, 1.82) is 0 Å². The molecule has 1 amide bonds. The van der Waals surface area contributed by atoms with Gasteiger partial charge >= 0.3 is 6.09 Å². The number of pyridine rings is 1. The first-order valence-electron chi connectivity index (χ1n) is 6.85. The summed E-state index contributed by atoms with van der Waals surface area (Å²) in [5.41, 5.74) is 1.86. The monoisotopic (exact) mass is 262 g/mol. The molecule has 0 unspecified atom stereocenters. The minimum absolute atomic E-state index is 0.0836. The van der Waals surface area contributed by atoms with Crippen LogP contribution in [0, 0.1) is 5.92 Å². The molecule has 1 saturated carbocycles. The Balaban J connectivity index is 1.59. The lowest BCUT2D eigenvalue weighted by Crippen LogP contribution is -2.38. The highest BCUT2D eigenvalue weighted by Gasteiger charge is 2.24. The predicted molar refractivity (Wildman–Crippen MR) is 69.9 cm³/mol. The van der Waals surface area contributed by atoms with Gasteiger partial charge in [-0.2, -0.15) is 0 Å². The molecule has 1 fully saturated rings. The van der Waals surface area contributed by atoms with Crippen LogP contribution in [0.3, 0.4) is 0 Å². The molecule has 19 heavy (non-hydrogen) atoms. The molecule has 5 heteroatoms. The molecule has 2 heterocycles. The second-order valence-corrected chi connectivity index (χ2v) is 5.37. The molecule has 1 aliphatic heterocycles. The van der Waals surface area contributed by atoms with Gasteiger partial charge in [-0.15, -0.1) is 0 Å². The van der Waals surface area contributed by atoms with Crippen LogP contribution in [0.2, 0.25) is 0 Å². The van der Waals surface area contributed by atoms with E-state index in [1.165, 1.54) is 25.3 Å². The van der Waals surface area contributed by atoms with E-state index in [4.69, 9.17) is 4.74 Å². The number of amides is 1. The smallest absolute Gasteiger partial charge is 0.410 e. The summed E-state index contributed by atoms with van der Waals surface area (Å²) >= 11 is 0. The van der Waals surface area contributed by atoms with Crippen LogP contribution >= 0.6 is 0 Å². The average molecular weight is 262 g/mol. The van der Waals surface area contributed by atoms with E-state index in [9.17, 15) is 9.59 Å². The third kappa shape index (κ3) is 2.64. The topological polar surface area (TPSA) is 62.4 Å². The molecule has 0 atom stereocenters. The minimum Gasteiger partial charge on any atom is -0.449 e. The Morgan fingerprint density at radius 1 is 1.42 bits per heavy atom. The third-order valence-electron chi connectivity index (χ3n) is 4.02. The lowest BCUT2D eigenvalue weighted by molar-refractivity contribution is 0.0683. The number of carbonyl (C=O) groups is 1. The van der Waals surface area contributed by atoms with Crippen molar-refractivity contribution in [1.82, 2.24) is 9.88 Å². The molecule has 1 N–H and O–H groups in total. The first-order chi connectivity index (χ1) is 9.22. The van der Waals surface area contributed by atoms with E-state index in [-0.39, 0.29) is 11.7 Å². The molecule has 102 valence electrons. The van der Waals surface area contributed by atoms with Crippen LogP contribution in [0.4, 0.5) is 4.79 Å². The molecule has 0 aromatic carbocycles. The van der Waals surface area contributed by atoms with Crippen LogP contribution in [-0.4, -0.2) is 29.1 Å². The Kier molecular flexibility index (Phi) is 3.27. The molecule has 0 bridgehead atoms. The summed E-state index contributed by atoms with van der Waals surface area (Å²) in [6, 6.07) is 3.29. The van der Waals surface area contributed by atoms with E-state index in [2.05, 4.69) is 4.98 Å². The van der Waals surface area contributed by atoms with Crippen molar-refractivity contribution in [2.75, 3.05) is 13.2 Å². The number of nitrogens with zero attached hydrogens (tertiary/aromatic N) is 1. The average Bonchev–Trinajstić information content (AvgIpc) is 2.36. The van der Waals surface area contributed by atoms with Gasteiger partial charge < -0.3 is 14.6 Å². The summed E-state index contributed by atoms with van der Waals surface area (Å²) in [5, 5.41) is 0. The van der Waals surface area contributed by atoms with Gasteiger partial charge in [0.05, 0.1) is 13.2 Å². The standard InChI is InChI=1S/C14H18N2O3/c17-13-5-4-11-8-16(7-6-12(11)15-13)14(18)19-9-10-2-1-3-10/h4-5,10H,1-3,6-9H2,(H,15,17). The summed E-state index contributed by atoms with van der Waals surface area (Å²) in [6.07, 6.45) is 4.06. The van der Waals surface area contributed by atoms with Gasteiger partial charge in [0, 0.05) is 24.7 Å². The van der Waals surface area contributed by atoms with E-state index in [0.29, 0.717) is 32.0 Å². The number of aromatic amines is 1. The Morgan fingerprint density at radius 3 is 3.00 bits per heavy atom. The molecule has 0 radical (unpaired) electrons. The second-order valence-electron chi connectivity index (χ2n) is 5.37. The number of nitrogens with one attached hydrogen (secondary N) is 1. The lowest BCUT2D eigenvalue weighted by atomic mass is 9.86. The van der Waals surface area contributed by atoms with Gasteiger partial charge in [0.1, 0.15) is 0 Å². The van der Waals surface area contributed by atoms with Crippen LogP contribution in [0.25, 0.3) is 0 Å². The highest BCUT2D eigenvalue weighted by atomic mass is 16.6. The van der Waals surface area contributed by atoms with Crippen molar-refractivity contribution in [3.63, 3.8) is 0 Å². The van der Waals surface area contributed by atoms with Gasteiger partial charge in [-0.25, -0.2) is 4.79 Å². The lowest BCUT2D eigenvalue weighted by Gasteiger charge is -2.30. The van der Waals surface area contributed by atoms with E-state index in [1.54, 1.807) is 11.0 Å². The molecule has 0 spiro atoms. The maximum absolute atomic E-state index is 12.0. The van der Waals surface area contributed by atoms with Gasteiger partial charge in [-0.1, -0.05) is 12.5 Å². The van der Waals surface area contributed by atoms with Crippen molar-refractivity contribution >= 4 is 6.09 Å². The SMILES string of the molecule is O=C(OCC1CCC1)N1CCc2[nH]c(=O)ccc2C1. The molecular formula is C14H18N2O3. The molecule has 1 aliphatic carbocycles. The van der Waals surface area contributed by atoms with Gasteiger partial charge in [-0.3, -0.25) is 4.79 Å². The number of aromatic nitrogens is 1. The predicted octanol–water partition coefficient (Wildman–Crippen LogP) is 1.67. The molecule has 0 saturated heterocycles. The molecule has 1 aromatic rings. The summed E-state index contributed by atoms with van der Waals surface area (Å²) in [5.74, 6) is 0.567. The zero-order chi connectivity index (χ0) is 13.2. The van der Waals surface area contributed by atoms with Crippen molar-refractivity contribution in [3.05, 3.63) is 33.7 Å². The first-order valence-corrected chi connectivity index (χ1v) is 6.85. The highest BCUT2D eigenvalue weighted by Crippen LogP contribution is 2.26. The zero-order valence-electron chi connectivity index (χ0n) is 10.9.